The Morgan fingerprint density at radius 1 is 1.39 bits per heavy atom. The number of carbonyl (C=O) groups is 1. The van der Waals surface area contributed by atoms with Crippen LogP contribution in [0.5, 0.6) is 0 Å². The normalized spacial score (nSPS) is 17.0. The van der Waals surface area contributed by atoms with E-state index in [4.69, 9.17) is 4.74 Å². The Bertz CT molecular complexity index is 680. The van der Waals surface area contributed by atoms with Crippen molar-refractivity contribution < 1.29 is 13.9 Å². The molecule has 3 rings (SSSR count). The first-order valence-electron chi connectivity index (χ1n) is 7.83. The molecule has 5 nitrogen and oxygen atoms in total. The lowest BCUT2D eigenvalue weighted by Gasteiger charge is -2.20. The van der Waals surface area contributed by atoms with Crippen LogP contribution >= 0.6 is 0 Å². The number of rotatable bonds is 4. The molecular weight excluding hydrogens is 297 g/mol. The Balaban J connectivity index is 1.66. The molecule has 6 heteroatoms. The van der Waals surface area contributed by atoms with Gasteiger partial charge in [-0.2, -0.15) is 5.10 Å². The summed E-state index contributed by atoms with van der Waals surface area (Å²) in [4.78, 5) is 12.3. The molecule has 0 bridgehead atoms. The molecule has 1 saturated heterocycles. The topological polar surface area (TPSA) is 67.0 Å². The third-order valence-electron chi connectivity index (χ3n) is 4.28. The van der Waals surface area contributed by atoms with Crippen molar-refractivity contribution in [3.8, 4) is 0 Å². The van der Waals surface area contributed by atoms with Crippen LogP contribution in [0.1, 0.15) is 42.9 Å². The number of benzene rings is 1. The number of anilines is 1. The highest BCUT2D eigenvalue weighted by atomic mass is 19.1. The van der Waals surface area contributed by atoms with Gasteiger partial charge in [0.2, 0.25) is 5.91 Å². The van der Waals surface area contributed by atoms with Gasteiger partial charge in [-0.1, -0.05) is 18.2 Å². The van der Waals surface area contributed by atoms with Gasteiger partial charge < -0.3 is 10.1 Å². The van der Waals surface area contributed by atoms with Gasteiger partial charge in [0.15, 0.2) is 5.82 Å². The van der Waals surface area contributed by atoms with Crippen molar-refractivity contribution in [1.29, 1.82) is 0 Å². The summed E-state index contributed by atoms with van der Waals surface area (Å²) in [5, 5.41) is 9.86. The molecule has 1 unspecified atom stereocenters. The van der Waals surface area contributed by atoms with E-state index in [2.05, 4.69) is 15.5 Å². The first kappa shape index (κ1) is 15.7. The van der Waals surface area contributed by atoms with Crippen molar-refractivity contribution in [2.24, 2.45) is 0 Å². The Morgan fingerprint density at radius 3 is 2.87 bits per heavy atom. The van der Waals surface area contributed by atoms with Crippen molar-refractivity contribution in [3.63, 3.8) is 0 Å². The molecule has 2 heterocycles. The quantitative estimate of drug-likeness (QED) is 0.910. The van der Waals surface area contributed by atoms with E-state index in [1.807, 2.05) is 6.07 Å². The number of carbonyl (C=O) groups excluding carboxylic acids is 1. The first-order valence-corrected chi connectivity index (χ1v) is 7.83. The average Bonchev–Trinajstić information content (AvgIpc) is 3.04. The van der Waals surface area contributed by atoms with E-state index in [9.17, 15) is 9.18 Å². The third-order valence-corrected chi connectivity index (χ3v) is 4.28. The summed E-state index contributed by atoms with van der Waals surface area (Å²) in [7, 11) is 0. The number of halogens is 1. The van der Waals surface area contributed by atoms with Crippen molar-refractivity contribution in [1.82, 2.24) is 10.2 Å². The molecule has 1 fully saturated rings. The van der Waals surface area contributed by atoms with Crippen LogP contribution < -0.4 is 5.32 Å². The molecule has 2 N–H and O–H groups in total. The molecule has 0 spiro atoms. The number of hydrogen-bond donors (Lipinski definition) is 2. The fourth-order valence-electron chi connectivity index (χ4n) is 2.82. The van der Waals surface area contributed by atoms with Gasteiger partial charge in [0.25, 0.3) is 0 Å². The Morgan fingerprint density at radius 2 is 2.13 bits per heavy atom. The maximum atomic E-state index is 13.8. The van der Waals surface area contributed by atoms with Crippen LogP contribution in [0, 0.1) is 5.82 Å². The lowest BCUT2D eigenvalue weighted by Crippen LogP contribution is -2.20. The molecule has 0 radical (unpaired) electrons. The van der Waals surface area contributed by atoms with Crippen LogP contribution in [0.15, 0.2) is 30.3 Å². The Labute approximate surface area is 134 Å². The Hall–Kier alpha value is -2.21. The van der Waals surface area contributed by atoms with Crippen LogP contribution in [0.25, 0.3) is 0 Å². The zero-order valence-electron chi connectivity index (χ0n) is 13.0. The van der Waals surface area contributed by atoms with Crippen molar-refractivity contribution in [2.75, 3.05) is 18.5 Å². The maximum Gasteiger partial charge on any atom is 0.232 e. The molecule has 0 saturated carbocycles. The molecule has 23 heavy (non-hydrogen) atoms. The summed E-state index contributed by atoms with van der Waals surface area (Å²) in [6.07, 6.45) is 1.89. The van der Waals surface area contributed by atoms with Crippen LogP contribution in [-0.2, 0) is 9.53 Å². The highest BCUT2D eigenvalue weighted by Crippen LogP contribution is 2.27. The molecule has 1 aliphatic heterocycles. The third kappa shape index (κ3) is 3.59. The number of aromatic amines is 1. The highest BCUT2D eigenvalue weighted by Gasteiger charge is 2.21. The molecule has 122 valence electrons. The lowest BCUT2D eigenvalue weighted by molar-refractivity contribution is -0.117. The minimum absolute atomic E-state index is 0.278. The SMILES string of the molecule is CC(C(=O)Nc1cc(C2CCOCC2)[nH]n1)c1ccccc1F. The van der Waals surface area contributed by atoms with E-state index in [-0.39, 0.29) is 11.7 Å². The molecule has 1 atom stereocenters. The molecular formula is C17H20FN3O2. The van der Waals surface area contributed by atoms with Crippen molar-refractivity contribution in [3.05, 3.63) is 47.4 Å². The molecule has 1 aliphatic rings. The number of nitrogens with zero attached hydrogens (tertiary/aromatic N) is 1. The van der Waals surface area contributed by atoms with Crippen LogP contribution in [-0.4, -0.2) is 29.3 Å². The predicted octanol–water partition coefficient (Wildman–Crippen LogP) is 3.19. The summed E-state index contributed by atoms with van der Waals surface area (Å²) in [6.45, 7) is 3.17. The number of ether oxygens (including phenoxy) is 1. The summed E-state index contributed by atoms with van der Waals surface area (Å²) in [5.41, 5.74) is 1.38. The number of H-pyrrole nitrogens is 1. The van der Waals surface area contributed by atoms with E-state index < -0.39 is 5.92 Å². The van der Waals surface area contributed by atoms with E-state index in [1.165, 1.54) is 6.07 Å². The first-order chi connectivity index (χ1) is 11.1. The molecule has 2 aromatic rings. The molecule has 1 aromatic carbocycles. The fourth-order valence-corrected chi connectivity index (χ4v) is 2.82. The van der Waals surface area contributed by atoms with Gasteiger partial charge in [0, 0.05) is 30.9 Å². The fraction of sp³-hybridized carbons (Fsp3) is 0.412. The number of nitrogens with one attached hydrogen (secondary N) is 2. The summed E-state index contributed by atoms with van der Waals surface area (Å²) in [6, 6.07) is 8.16. The van der Waals surface area contributed by atoms with E-state index in [0.717, 1.165) is 31.7 Å². The van der Waals surface area contributed by atoms with E-state index in [0.29, 0.717) is 17.3 Å². The van der Waals surface area contributed by atoms with Crippen molar-refractivity contribution >= 4 is 11.7 Å². The minimum atomic E-state index is -0.584. The summed E-state index contributed by atoms with van der Waals surface area (Å²) in [5.74, 6) is -0.384. The lowest BCUT2D eigenvalue weighted by atomic mass is 9.97. The van der Waals surface area contributed by atoms with Gasteiger partial charge in [0.1, 0.15) is 5.82 Å². The molecule has 0 aliphatic carbocycles. The van der Waals surface area contributed by atoms with Crippen LogP contribution in [0.3, 0.4) is 0 Å². The number of hydrogen-bond acceptors (Lipinski definition) is 3. The van der Waals surface area contributed by atoms with E-state index >= 15 is 0 Å². The predicted molar refractivity (Wildman–Crippen MR) is 84.8 cm³/mol. The molecule has 1 amide bonds. The zero-order valence-corrected chi connectivity index (χ0v) is 13.0. The van der Waals surface area contributed by atoms with Gasteiger partial charge >= 0.3 is 0 Å². The smallest absolute Gasteiger partial charge is 0.232 e. The maximum absolute atomic E-state index is 13.8. The zero-order chi connectivity index (χ0) is 16.2. The Kier molecular flexibility index (Phi) is 4.71. The number of aromatic nitrogens is 2. The van der Waals surface area contributed by atoms with Crippen LogP contribution in [0.4, 0.5) is 10.2 Å². The van der Waals surface area contributed by atoms with Gasteiger partial charge in [-0.15, -0.1) is 0 Å². The van der Waals surface area contributed by atoms with Crippen molar-refractivity contribution in [2.45, 2.75) is 31.6 Å². The monoisotopic (exact) mass is 317 g/mol. The molecule has 1 aromatic heterocycles. The summed E-state index contributed by atoms with van der Waals surface area (Å²) < 4.78 is 19.1. The second kappa shape index (κ2) is 6.91. The standard InChI is InChI=1S/C17H20FN3O2/c1-11(13-4-2-3-5-14(13)18)17(22)19-16-10-15(20-21-16)12-6-8-23-9-7-12/h2-5,10-12H,6-9H2,1H3,(H2,19,20,21,22). The van der Waals surface area contributed by atoms with Gasteiger partial charge in [-0.05, 0) is 31.4 Å². The van der Waals surface area contributed by atoms with Crippen LogP contribution in [0.2, 0.25) is 0 Å². The van der Waals surface area contributed by atoms with Gasteiger partial charge in [0.05, 0.1) is 5.92 Å². The minimum Gasteiger partial charge on any atom is -0.381 e. The van der Waals surface area contributed by atoms with E-state index in [1.54, 1.807) is 25.1 Å². The summed E-state index contributed by atoms with van der Waals surface area (Å²) >= 11 is 0. The second-order valence-electron chi connectivity index (χ2n) is 5.83. The average molecular weight is 317 g/mol. The number of amides is 1. The highest BCUT2D eigenvalue weighted by molar-refractivity contribution is 5.94. The van der Waals surface area contributed by atoms with Gasteiger partial charge in [-0.3, -0.25) is 9.89 Å². The largest absolute Gasteiger partial charge is 0.381 e. The van der Waals surface area contributed by atoms with Gasteiger partial charge in [-0.25, -0.2) is 4.39 Å². The second-order valence-corrected chi connectivity index (χ2v) is 5.83.